The third-order valence-electron chi connectivity index (χ3n) is 3.29. The van der Waals surface area contributed by atoms with E-state index >= 15 is 0 Å². The lowest BCUT2D eigenvalue weighted by Gasteiger charge is -2.23. The van der Waals surface area contributed by atoms with E-state index in [9.17, 15) is 14.0 Å². The molecule has 1 amide bonds. The normalized spacial score (nSPS) is 18.1. The van der Waals surface area contributed by atoms with Gasteiger partial charge in [-0.3, -0.25) is 4.79 Å². The summed E-state index contributed by atoms with van der Waals surface area (Å²) in [7, 11) is 0. The lowest BCUT2D eigenvalue weighted by Crippen LogP contribution is -2.41. The van der Waals surface area contributed by atoms with Gasteiger partial charge in [-0.1, -0.05) is 0 Å². The molecule has 0 aromatic heterocycles. The second-order valence-corrected chi connectivity index (χ2v) is 4.65. The Balaban J connectivity index is 2.23. The first-order valence-electron chi connectivity index (χ1n) is 6.57. The Bertz CT molecular complexity index is 533. The Kier molecular flexibility index (Phi) is 4.22. The first kappa shape index (κ1) is 14.3. The van der Waals surface area contributed by atoms with Crippen LogP contribution in [0.25, 0.3) is 0 Å². The number of rotatable bonds is 3. The molecule has 1 fully saturated rings. The Morgan fingerprint density at radius 1 is 1.50 bits per heavy atom. The summed E-state index contributed by atoms with van der Waals surface area (Å²) < 4.78 is 18.7. The summed E-state index contributed by atoms with van der Waals surface area (Å²) in [5.41, 5.74) is 5.77. The number of benzene rings is 1. The minimum absolute atomic E-state index is 0.110. The standard InChI is InChI=1S/C14H17FN2O3/c1-2-20-14(19)12-4-3-7-17(12)13(18)10-8-9(16)5-6-11(10)15/h5-6,8,12H,2-4,7,16H2,1H3. The highest BCUT2D eigenvalue weighted by Gasteiger charge is 2.36. The molecule has 5 nitrogen and oxygen atoms in total. The van der Waals surface area contributed by atoms with Crippen LogP contribution in [0.3, 0.4) is 0 Å². The number of amides is 1. The summed E-state index contributed by atoms with van der Waals surface area (Å²) in [5.74, 6) is -1.60. The van der Waals surface area contributed by atoms with E-state index in [0.29, 0.717) is 25.1 Å². The van der Waals surface area contributed by atoms with E-state index in [1.165, 1.54) is 17.0 Å². The van der Waals surface area contributed by atoms with Crippen LogP contribution in [0, 0.1) is 5.82 Å². The molecular weight excluding hydrogens is 263 g/mol. The molecule has 108 valence electrons. The molecule has 1 aromatic carbocycles. The lowest BCUT2D eigenvalue weighted by atomic mass is 10.1. The summed E-state index contributed by atoms with van der Waals surface area (Å²) in [6.45, 7) is 2.37. The molecule has 1 aliphatic heterocycles. The molecule has 1 atom stereocenters. The zero-order valence-electron chi connectivity index (χ0n) is 11.3. The molecule has 1 aromatic rings. The van der Waals surface area contributed by atoms with Gasteiger partial charge in [0.05, 0.1) is 12.2 Å². The quantitative estimate of drug-likeness (QED) is 0.674. The van der Waals surface area contributed by atoms with E-state index in [2.05, 4.69) is 0 Å². The number of anilines is 1. The van der Waals surface area contributed by atoms with Gasteiger partial charge in [-0.25, -0.2) is 9.18 Å². The number of nitrogen functional groups attached to an aromatic ring is 1. The Morgan fingerprint density at radius 3 is 2.95 bits per heavy atom. The molecular formula is C14H17FN2O3. The molecule has 0 saturated carbocycles. The minimum atomic E-state index is -0.640. The predicted octanol–water partition coefficient (Wildman–Crippen LogP) is 1.58. The lowest BCUT2D eigenvalue weighted by molar-refractivity contribution is -0.147. The van der Waals surface area contributed by atoms with Crippen molar-refractivity contribution in [3.8, 4) is 0 Å². The average molecular weight is 280 g/mol. The van der Waals surface area contributed by atoms with Gasteiger partial charge in [-0.05, 0) is 38.0 Å². The van der Waals surface area contributed by atoms with Crippen molar-refractivity contribution in [2.75, 3.05) is 18.9 Å². The fourth-order valence-corrected chi connectivity index (χ4v) is 2.35. The number of carbonyl (C=O) groups is 2. The van der Waals surface area contributed by atoms with Gasteiger partial charge in [0.15, 0.2) is 0 Å². The van der Waals surface area contributed by atoms with Crippen molar-refractivity contribution in [3.63, 3.8) is 0 Å². The monoisotopic (exact) mass is 280 g/mol. The molecule has 20 heavy (non-hydrogen) atoms. The van der Waals surface area contributed by atoms with Gasteiger partial charge in [0.25, 0.3) is 5.91 Å². The average Bonchev–Trinajstić information content (AvgIpc) is 2.90. The molecule has 0 spiro atoms. The van der Waals surface area contributed by atoms with Crippen molar-refractivity contribution in [2.45, 2.75) is 25.8 Å². The first-order chi connectivity index (χ1) is 9.54. The molecule has 1 aliphatic rings. The number of halogens is 1. The zero-order chi connectivity index (χ0) is 14.7. The highest BCUT2D eigenvalue weighted by atomic mass is 19.1. The van der Waals surface area contributed by atoms with Gasteiger partial charge < -0.3 is 15.4 Å². The summed E-state index contributed by atoms with van der Waals surface area (Å²) in [4.78, 5) is 25.5. The van der Waals surface area contributed by atoms with Crippen molar-refractivity contribution in [3.05, 3.63) is 29.6 Å². The smallest absolute Gasteiger partial charge is 0.328 e. The molecule has 1 unspecified atom stereocenters. The minimum Gasteiger partial charge on any atom is -0.464 e. The number of hydrogen-bond acceptors (Lipinski definition) is 4. The van der Waals surface area contributed by atoms with Gasteiger partial charge in [0.1, 0.15) is 11.9 Å². The number of carbonyl (C=O) groups excluding carboxylic acids is 2. The van der Waals surface area contributed by atoms with E-state index in [-0.39, 0.29) is 12.2 Å². The highest BCUT2D eigenvalue weighted by Crippen LogP contribution is 2.23. The van der Waals surface area contributed by atoms with Crippen LogP contribution >= 0.6 is 0 Å². The van der Waals surface area contributed by atoms with E-state index in [0.717, 1.165) is 6.07 Å². The van der Waals surface area contributed by atoms with E-state index < -0.39 is 23.7 Å². The van der Waals surface area contributed by atoms with Crippen LogP contribution in [-0.4, -0.2) is 36.0 Å². The van der Waals surface area contributed by atoms with Gasteiger partial charge in [-0.15, -0.1) is 0 Å². The molecule has 0 aliphatic carbocycles. The van der Waals surface area contributed by atoms with Crippen LogP contribution in [0.15, 0.2) is 18.2 Å². The van der Waals surface area contributed by atoms with Crippen LogP contribution in [0.1, 0.15) is 30.1 Å². The molecule has 1 saturated heterocycles. The highest BCUT2D eigenvalue weighted by molar-refractivity contribution is 5.98. The van der Waals surface area contributed by atoms with Crippen LogP contribution in [-0.2, 0) is 9.53 Å². The maximum Gasteiger partial charge on any atom is 0.328 e. The Labute approximate surface area is 116 Å². The van der Waals surface area contributed by atoms with Gasteiger partial charge in [0.2, 0.25) is 0 Å². The number of ether oxygens (including phenoxy) is 1. The van der Waals surface area contributed by atoms with Crippen LogP contribution in [0.4, 0.5) is 10.1 Å². The van der Waals surface area contributed by atoms with Crippen LogP contribution in [0.5, 0.6) is 0 Å². The van der Waals surface area contributed by atoms with Crippen LogP contribution < -0.4 is 5.73 Å². The van der Waals surface area contributed by atoms with Crippen molar-refractivity contribution in [1.29, 1.82) is 0 Å². The number of nitrogens with zero attached hydrogens (tertiary/aromatic N) is 1. The Hall–Kier alpha value is -2.11. The number of likely N-dealkylation sites (tertiary alicyclic amines) is 1. The molecule has 6 heteroatoms. The summed E-state index contributed by atoms with van der Waals surface area (Å²) in [6, 6.07) is 3.19. The van der Waals surface area contributed by atoms with Crippen molar-refractivity contribution in [1.82, 2.24) is 4.90 Å². The molecule has 2 N–H and O–H groups in total. The Morgan fingerprint density at radius 2 is 2.25 bits per heavy atom. The van der Waals surface area contributed by atoms with Gasteiger partial charge >= 0.3 is 5.97 Å². The van der Waals surface area contributed by atoms with Crippen molar-refractivity contribution < 1.29 is 18.7 Å². The topological polar surface area (TPSA) is 72.6 Å². The van der Waals surface area contributed by atoms with E-state index in [1.54, 1.807) is 6.92 Å². The first-order valence-corrected chi connectivity index (χ1v) is 6.57. The maximum atomic E-state index is 13.7. The maximum absolute atomic E-state index is 13.7. The predicted molar refractivity (Wildman–Crippen MR) is 71.5 cm³/mol. The van der Waals surface area contributed by atoms with Crippen LogP contribution in [0.2, 0.25) is 0 Å². The van der Waals surface area contributed by atoms with Gasteiger partial charge in [-0.2, -0.15) is 0 Å². The molecule has 2 rings (SSSR count). The second-order valence-electron chi connectivity index (χ2n) is 4.65. The third kappa shape index (κ3) is 2.74. The van der Waals surface area contributed by atoms with Gasteiger partial charge in [0, 0.05) is 12.2 Å². The van der Waals surface area contributed by atoms with E-state index in [1.807, 2.05) is 0 Å². The SMILES string of the molecule is CCOC(=O)C1CCCN1C(=O)c1cc(N)ccc1F. The summed E-state index contributed by atoms with van der Waals surface area (Å²) >= 11 is 0. The second kappa shape index (κ2) is 5.90. The zero-order valence-corrected chi connectivity index (χ0v) is 11.3. The number of hydrogen-bond donors (Lipinski definition) is 1. The van der Waals surface area contributed by atoms with Crippen molar-refractivity contribution >= 4 is 17.6 Å². The summed E-state index contributed by atoms with van der Waals surface area (Å²) in [6.07, 6.45) is 1.23. The number of nitrogens with two attached hydrogens (primary N) is 1. The van der Waals surface area contributed by atoms with Crippen molar-refractivity contribution in [2.24, 2.45) is 0 Å². The molecule has 1 heterocycles. The fourth-order valence-electron chi connectivity index (χ4n) is 2.35. The third-order valence-corrected chi connectivity index (χ3v) is 3.29. The van der Waals surface area contributed by atoms with E-state index in [4.69, 9.17) is 10.5 Å². The largest absolute Gasteiger partial charge is 0.464 e. The number of esters is 1. The summed E-state index contributed by atoms with van der Waals surface area (Å²) in [5, 5.41) is 0. The fraction of sp³-hybridized carbons (Fsp3) is 0.429. The molecule has 0 bridgehead atoms. The molecule has 0 radical (unpaired) electrons.